The fraction of sp³-hybridized carbons (Fsp3) is 0.200. The molecule has 0 aromatic heterocycles. The van der Waals surface area contributed by atoms with Gasteiger partial charge in [-0.3, -0.25) is 0 Å². The van der Waals surface area contributed by atoms with Crippen molar-refractivity contribution in [1.29, 1.82) is 0 Å². The van der Waals surface area contributed by atoms with Crippen LogP contribution < -0.4 is 4.65 Å². The van der Waals surface area contributed by atoms with E-state index in [4.69, 9.17) is 4.65 Å². The Morgan fingerprint density at radius 1 is 1.36 bits per heavy atom. The first-order valence-electron chi connectivity index (χ1n) is 4.41. The Morgan fingerprint density at radius 3 is 2.79 bits per heavy atom. The minimum absolute atomic E-state index is 0.778. The summed E-state index contributed by atoms with van der Waals surface area (Å²) in [6.07, 6.45) is 0. The summed E-state index contributed by atoms with van der Waals surface area (Å²) in [4.78, 5) is 0. The highest BCUT2D eigenvalue weighted by atomic mass is 79.9. The number of aryl methyl sites for hydroxylation is 1. The van der Waals surface area contributed by atoms with Crippen LogP contribution in [0.4, 0.5) is 0 Å². The fourth-order valence-electron chi connectivity index (χ4n) is 1.64. The van der Waals surface area contributed by atoms with Gasteiger partial charge in [-0.25, -0.2) is 0 Å². The van der Waals surface area contributed by atoms with Crippen LogP contribution >= 0.6 is 15.9 Å². The van der Waals surface area contributed by atoms with Gasteiger partial charge in [0, 0.05) is 10.0 Å². The maximum Gasteiger partial charge on any atom is 0.552 e. The molecule has 1 aromatic carbocycles. The SMILES string of the molecule is CC1=CB(O)Oc2c(C)cc(Br)cc21. The molecular weight excluding hydrogens is 243 g/mol. The molecule has 0 saturated carbocycles. The van der Waals surface area contributed by atoms with Crippen LogP contribution in [0.15, 0.2) is 22.6 Å². The predicted molar refractivity (Wildman–Crippen MR) is 61.1 cm³/mol. The first-order valence-corrected chi connectivity index (χ1v) is 5.21. The Morgan fingerprint density at radius 2 is 2.07 bits per heavy atom. The van der Waals surface area contributed by atoms with Gasteiger partial charge in [0.05, 0.1) is 0 Å². The molecule has 0 atom stereocenters. The van der Waals surface area contributed by atoms with Gasteiger partial charge in [-0.1, -0.05) is 15.9 Å². The summed E-state index contributed by atoms with van der Waals surface area (Å²) in [5, 5.41) is 9.41. The molecule has 1 aliphatic rings. The summed E-state index contributed by atoms with van der Waals surface area (Å²) < 4.78 is 6.38. The first-order chi connectivity index (χ1) is 6.58. The maximum absolute atomic E-state index is 9.41. The highest BCUT2D eigenvalue weighted by Gasteiger charge is 2.23. The van der Waals surface area contributed by atoms with Crippen LogP contribution in [-0.2, 0) is 0 Å². The molecular formula is C10H10BBrO2. The van der Waals surface area contributed by atoms with E-state index in [2.05, 4.69) is 15.9 Å². The van der Waals surface area contributed by atoms with Crippen molar-refractivity contribution in [2.45, 2.75) is 13.8 Å². The predicted octanol–water partition coefficient (Wildman–Crippen LogP) is 2.57. The Labute approximate surface area is 91.9 Å². The molecule has 0 unspecified atom stereocenters. The van der Waals surface area contributed by atoms with Crippen LogP contribution in [0.25, 0.3) is 5.57 Å². The van der Waals surface area contributed by atoms with Crippen molar-refractivity contribution in [2.24, 2.45) is 0 Å². The van der Waals surface area contributed by atoms with E-state index in [0.29, 0.717) is 0 Å². The first kappa shape index (κ1) is 9.81. The summed E-state index contributed by atoms with van der Waals surface area (Å²) in [5.41, 5.74) is 3.12. The smallest absolute Gasteiger partial charge is 0.532 e. The topological polar surface area (TPSA) is 29.5 Å². The Balaban J connectivity index is 2.63. The Kier molecular flexibility index (Phi) is 2.41. The highest BCUT2D eigenvalue weighted by molar-refractivity contribution is 9.10. The van der Waals surface area contributed by atoms with Gasteiger partial charge in [-0.15, -0.1) is 0 Å². The summed E-state index contributed by atoms with van der Waals surface area (Å²) in [6, 6.07) is 3.98. The van der Waals surface area contributed by atoms with E-state index in [0.717, 1.165) is 26.9 Å². The molecule has 0 saturated heterocycles. The molecule has 1 N–H and O–H groups in total. The second-order valence-electron chi connectivity index (χ2n) is 3.46. The monoisotopic (exact) mass is 252 g/mol. The summed E-state index contributed by atoms with van der Waals surface area (Å²) in [7, 11) is -0.817. The lowest BCUT2D eigenvalue weighted by atomic mass is 9.82. The van der Waals surface area contributed by atoms with Gasteiger partial charge in [-0.05, 0) is 43.1 Å². The van der Waals surface area contributed by atoms with Crippen LogP contribution in [0.2, 0.25) is 0 Å². The van der Waals surface area contributed by atoms with Crippen molar-refractivity contribution < 1.29 is 9.68 Å². The van der Waals surface area contributed by atoms with E-state index in [1.807, 2.05) is 26.0 Å². The molecule has 0 fully saturated rings. The lowest BCUT2D eigenvalue weighted by molar-refractivity contribution is 0.426. The fourth-order valence-corrected chi connectivity index (χ4v) is 2.21. The van der Waals surface area contributed by atoms with Crippen LogP contribution in [0.5, 0.6) is 5.75 Å². The molecule has 0 spiro atoms. The molecule has 14 heavy (non-hydrogen) atoms. The molecule has 0 radical (unpaired) electrons. The average Bonchev–Trinajstić information content (AvgIpc) is 2.07. The molecule has 1 aromatic rings. The normalized spacial score (nSPS) is 14.6. The Bertz CT molecular complexity index is 415. The maximum atomic E-state index is 9.41. The zero-order valence-corrected chi connectivity index (χ0v) is 9.63. The van der Waals surface area contributed by atoms with E-state index in [9.17, 15) is 5.02 Å². The molecule has 0 bridgehead atoms. The quantitative estimate of drug-likeness (QED) is 0.720. The third kappa shape index (κ3) is 1.60. The molecule has 72 valence electrons. The molecule has 2 rings (SSSR count). The standard InChI is InChI=1S/C10H10BBrO2/c1-6-3-8(12)4-9-7(2)5-11(13)14-10(6)9/h3-5,13H,1-2H3. The van der Waals surface area contributed by atoms with Gasteiger partial charge in [0.2, 0.25) is 0 Å². The highest BCUT2D eigenvalue weighted by Crippen LogP contribution is 2.35. The van der Waals surface area contributed by atoms with E-state index in [1.54, 1.807) is 5.98 Å². The number of halogens is 1. The molecule has 0 amide bonds. The second kappa shape index (κ2) is 3.44. The van der Waals surface area contributed by atoms with Crippen molar-refractivity contribution >= 4 is 28.6 Å². The third-order valence-electron chi connectivity index (χ3n) is 2.30. The van der Waals surface area contributed by atoms with Gasteiger partial charge in [-0.2, -0.15) is 0 Å². The summed E-state index contributed by atoms with van der Waals surface area (Å²) >= 11 is 3.44. The number of fused-ring (bicyclic) bond motifs is 1. The van der Waals surface area contributed by atoms with E-state index in [1.165, 1.54) is 0 Å². The zero-order valence-electron chi connectivity index (χ0n) is 8.04. The van der Waals surface area contributed by atoms with Crippen molar-refractivity contribution in [3.05, 3.63) is 33.7 Å². The van der Waals surface area contributed by atoms with Crippen molar-refractivity contribution in [2.75, 3.05) is 0 Å². The largest absolute Gasteiger partial charge is 0.552 e. The minimum Gasteiger partial charge on any atom is -0.532 e. The van der Waals surface area contributed by atoms with Crippen LogP contribution in [-0.4, -0.2) is 12.1 Å². The number of hydrogen-bond donors (Lipinski definition) is 1. The van der Waals surface area contributed by atoms with Gasteiger partial charge >= 0.3 is 7.12 Å². The molecule has 2 nitrogen and oxygen atoms in total. The third-order valence-corrected chi connectivity index (χ3v) is 2.75. The number of allylic oxidation sites excluding steroid dienone is 1. The van der Waals surface area contributed by atoms with Gasteiger partial charge < -0.3 is 9.68 Å². The molecule has 0 aliphatic carbocycles. The lowest BCUT2D eigenvalue weighted by Crippen LogP contribution is -2.23. The second-order valence-corrected chi connectivity index (χ2v) is 4.37. The van der Waals surface area contributed by atoms with Crippen molar-refractivity contribution in [1.82, 2.24) is 0 Å². The number of hydrogen-bond acceptors (Lipinski definition) is 2. The number of rotatable bonds is 0. The van der Waals surface area contributed by atoms with Crippen LogP contribution in [0.3, 0.4) is 0 Å². The molecule has 1 heterocycles. The lowest BCUT2D eigenvalue weighted by Gasteiger charge is -2.20. The van der Waals surface area contributed by atoms with Crippen LogP contribution in [0, 0.1) is 6.92 Å². The van der Waals surface area contributed by atoms with E-state index in [-0.39, 0.29) is 0 Å². The van der Waals surface area contributed by atoms with Crippen molar-refractivity contribution in [3.8, 4) is 5.75 Å². The van der Waals surface area contributed by atoms with Crippen LogP contribution in [0.1, 0.15) is 18.1 Å². The number of benzene rings is 1. The molecule has 4 heteroatoms. The summed E-state index contributed by atoms with van der Waals surface area (Å²) in [5.74, 6) is 2.48. The van der Waals surface area contributed by atoms with E-state index < -0.39 is 7.12 Å². The average molecular weight is 253 g/mol. The Hall–Kier alpha value is -0.735. The summed E-state index contributed by atoms with van der Waals surface area (Å²) in [6.45, 7) is 3.94. The van der Waals surface area contributed by atoms with Gasteiger partial charge in [0.25, 0.3) is 0 Å². The molecule has 1 aliphatic heterocycles. The zero-order chi connectivity index (χ0) is 10.3. The van der Waals surface area contributed by atoms with Crippen molar-refractivity contribution in [3.63, 3.8) is 0 Å². The van der Waals surface area contributed by atoms with E-state index >= 15 is 0 Å². The van der Waals surface area contributed by atoms with Gasteiger partial charge in [0.1, 0.15) is 5.75 Å². The van der Waals surface area contributed by atoms with Gasteiger partial charge in [0.15, 0.2) is 0 Å². The minimum atomic E-state index is -0.817.